The zero-order valence-electron chi connectivity index (χ0n) is 13.4. The van der Waals surface area contributed by atoms with Gasteiger partial charge in [0.1, 0.15) is 5.75 Å². The van der Waals surface area contributed by atoms with Crippen molar-refractivity contribution in [1.29, 1.82) is 0 Å². The molecule has 0 aliphatic heterocycles. The molecule has 0 aromatic heterocycles. The minimum absolute atomic E-state index is 0.445. The normalized spacial score (nSPS) is 12.2. The maximum absolute atomic E-state index is 5.27. The zero-order chi connectivity index (χ0) is 15.2. The molecule has 1 atom stereocenters. The highest BCUT2D eigenvalue weighted by molar-refractivity contribution is 5.68. The number of aryl methyl sites for hydroxylation is 1. The highest BCUT2D eigenvalue weighted by Crippen LogP contribution is 2.28. The molecule has 2 rings (SSSR count). The van der Waals surface area contributed by atoms with Gasteiger partial charge in [0.25, 0.3) is 0 Å². The summed E-state index contributed by atoms with van der Waals surface area (Å²) in [4.78, 5) is 0. The number of rotatable bonds is 6. The molecule has 112 valence electrons. The predicted octanol–water partition coefficient (Wildman–Crippen LogP) is 4.73. The van der Waals surface area contributed by atoms with Gasteiger partial charge in [0, 0.05) is 6.04 Å². The lowest BCUT2D eigenvalue weighted by Gasteiger charge is -2.17. The first-order valence-corrected chi connectivity index (χ1v) is 7.68. The third-order valence-electron chi connectivity index (χ3n) is 3.92. The van der Waals surface area contributed by atoms with E-state index in [0.717, 1.165) is 18.7 Å². The number of hydrogen-bond donors (Lipinski definition) is 1. The molecule has 1 unspecified atom stereocenters. The van der Waals surface area contributed by atoms with E-state index in [4.69, 9.17) is 4.74 Å². The Morgan fingerprint density at radius 2 is 1.76 bits per heavy atom. The fraction of sp³-hybridized carbons (Fsp3) is 0.368. The van der Waals surface area contributed by atoms with Crippen molar-refractivity contribution < 1.29 is 4.74 Å². The summed E-state index contributed by atoms with van der Waals surface area (Å²) in [6.45, 7) is 7.49. The fourth-order valence-electron chi connectivity index (χ4n) is 2.73. The van der Waals surface area contributed by atoms with Crippen LogP contribution in [0.5, 0.6) is 5.75 Å². The number of nitrogens with one attached hydrogen (secondary N) is 1. The summed E-state index contributed by atoms with van der Waals surface area (Å²) >= 11 is 0. The van der Waals surface area contributed by atoms with Crippen LogP contribution in [0.1, 0.15) is 37.4 Å². The molecule has 0 saturated carbocycles. The molecule has 21 heavy (non-hydrogen) atoms. The van der Waals surface area contributed by atoms with Crippen molar-refractivity contribution in [3.8, 4) is 16.9 Å². The number of hydrogen-bond acceptors (Lipinski definition) is 2. The first-order chi connectivity index (χ1) is 10.2. The van der Waals surface area contributed by atoms with Gasteiger partial charge in [-0.15, -0.1) is 0 Å². The van der Waals surface area contributed by atoms with E-state index >= 15 is 0 Å². The minimum atomic E-state index is 0.445. The lowest BCUT2D eigenvalue weighted by atomic mass is 9.97. The van der Waals surface area contributed by atoms with Crippen molar-refractivity contribution in [2.75, 3.05) is 13.7 Å². The van der Waals surface area contributed by atoms with Crippen LogP contribution in [-0.4, -0.2) is 13.7 Å². The Hall–Kier alpha value is -1.80. The molecule has 0 aliphatic carbocycles. The molecule has 0 saturated heterocycles. The molecule has 2 heteroatoms. The van der Waals surface area contributed by atoms with Crippen molar-refractivity contribution in [3.05, 3.63) is 53.6 Å². The second-order valence-corrected chi connectivity index (χ2v) is 5.32. The van der Waals surface area contributed by atoms with Crippen molar-refractivity contribution >= 4 is 0 Å². The van der Waals surface area contributed by atoms with Gasteiger partial charge in [-0.3, -0.25) is 0 Å². The Balaban J connectivity index is 2.26. The van der Waals surface area contributed by atoms with Gasteiger partial charge >= 0.3 is 0 Å². The van der Waals surface area contributed by atoms with E-state index in [2.05, 4.69) is 62.5 Å². The molecule has 2 aromatic rings. The molecule has 1 N–H and O–H groups in total. The summed E-state index contributed by atoms with van der Waals surface area (Å²) in [7, 11) is 1.70. The Morgan fingerprint density at radius 3 is 2.29 bits per heavy atom. The third-order valence-corrected chi connectivity index (χ3v) is 3.92. The number of ether oxygens (including phenoxy) is 1. The van der Waals surface area contributed by atoms with Gasteiger partial charge in [0.15, 0.2) is 0 Å². The average Bonchev–Trinajstić information content (AvgIpc) is 2.53. The topological polar surface area (TPSA) is 21.3 Å². The molecule has 0 bridgehead atoms. The third kappa shape index (κ3) is 3.64. The second kappa shape index (κ2) is 7.28. The largest absolute Gasteiger partial charge is 0.497 e. The summed E-state index contributed by atoms with van der Waals surface area (Å²) in [5.74, 6) is 0.908. The van der Waals surface area contributed by atoms with Crippen molar-refractivity contribution in [2.24, 2.45) is 0 Å². The van der Waals surface area contributed by atoms with E-state index in [1.807, 2.05) is 6.07 Å². The molecule has 2 aromatic carbocycles. The van der Waals surface area contributed by atoms with Crippen LogP contribution in [0.15, 0.2) is 42.5 Å². The molecular formula is C19H25NO. The zero-order valence-corrected chi connectivity index (χ0v) is 13.4. The van der Waals surface area contributed by atoms with Crippen LogP contribution < -0.4 is 10.1 Å². The van der Waals surface area contributed by atoms with E-state index < -0.39 is 0 Å². The van der Waals surface area contributed by atoms with Gasteiger partial charge in [0.2, 0.25) is 0 Å². The van der Waals surface area contributed by atoms with E-state index in [1.54, 1.807) is 7.11 Å². The lowest BCUT2D eigenvalue weighted by Crippen LogP contribution is -2.19. The molecule has 0 heterocycles. The van der Waals surface area contributed by atoms with Gasteiger partial charge in [0.05, 0.1) is 7.11 Å². The molecule has 0 aliphatic rings. The van der Waals surface area contributed by atoms with Crippen molar-refractivity contribution in [1.82, 2.24) is 5.32 Å². The molecular weight excluding hydrogens is 258 g/mol. The van der Waals surface area contributed by atoms with E-state index in [0.29, 0.717) is 6.04 Å². The highest BCUT2D eigenvalue weighted by Gasteiger charge is 2.08. The Labute approximate surface area is 128 Å². The fourth-order valence-corrected chi connectivity index (χ4v) is 2.73. The van der Waals surface area contributed by atoms with Crippen molar-refractivity contribution in [2.45, 2.75) is 33.2 Å². The number of methoxy groups -OCH3 is 1. The molecule has 0 fully saturated rings. The number of benzene rings is 2. The summed E-state index contributed by atoms with van der Waals surface area (Å²) < 4.78 is 5.27. The SMILES string of the molecule is CCNC(CC)c1ccc(-c2ccc(OC)cc2C)cc1. The van der Waals surface area contributed by atoms with Gasteiger partial charge in [-0.05, 0) is 54.3 Å². The van der Waals surface area contributed by atoms with Gasteiger partial charge in [-0.2, -0.15) is 0 Å². The van der Waals surface area contributed by atoms with Crippen LogP contribution in [0, 0.1) is 6.92 Å². The average molecular weight is 283 g/mol. The van der Waals surface area contributed by atoms with E-state index in [-0.39, 0.29) is 0 Å². The van der Waals surface area contributed by atoms with Gasteiger partial charge < -0.3 is 10.1 Å². The van der Waals surface area contributed by atoms with Crippen LogP contribution in [0.4, 0.5) is 0 Å². The van der Waals surface area contributed by atoms with Crippen LogP contribution in [0.25, 0.3) is 11.1 Å². The lowest BCUT2D eigenvalue weighted by molar-refractivity contribution is 0.414. The van der Waals surface area contributed by atoms with E-state index in [9.17, 15) is 0 Å². The first kappa shape index (κ1) is 15.6. The Kier molecular flexibility index (Phi) is 5.40. The quantitative estimate of drug-likeness (QED) is 0.827. The standard InChI is InChI=1S/C19H25NO/c1-5-19(20-6-2)16-9-7-15(8-10-16)18-12-11-17(21-4)13-14(18)3/h7-13,19-20H,5-6H2,1-4H3. The van der Waals surface area contributed by atoms with Crippen LogP contribution in [-0.2, 0) is 0 Å². The second-order valence-electron chi connectivity index (χ2n) is 5.32. The predicted molar refractivity (Wildman–Crippen MR) is 89.9 cm³/mol. The van der Waals surface area contributed by atoms with Crippen LogP contribution >= 0.6 is 0 Å². The molecule has 2 nitrogen and oxygen atoms in total. The summed E-state index contributed by atoms with van der Waals surface area (Å²) in [5, 5.41) is 3.52. The maximum atomic E-state index is 5.27. The summed E-state index contributed by atoms with van der Waals surface area (Å²) in [5.41, 5.74) is 5.11. The Bertz CT molecular complexity index is 575. The maximum Gasteiger partial charge on any atom is 0.119 e. The first-order valence-electron chi connectivity index (χ1n) is 7.68. The van der Waals surface area contributed by atoms with Gasteiger partial charge in [-0.1, -0.05) is 44.2 Å². The molecule has 0 radical (unpaired) electrons. The molecule has 0 spiro atoms. The monoisotopic (exact) mass is 283 g/mol. The highest BCUT2D eigenvalue weighted by atomic mass is 16.5. The van der Waals surface area contributed by atoms with Crippen LogP contribution in [0.3, 0.4) is 0 Å². The van der Waals surface area contributed by atoms with Gasteiger partial charge in [-0.25, -0.2) is 0 Å². The van der Waals surface area contributed by atoms with Crippen molar-refractivity contribution in [3.63, 3.8) is 0 Å². The van der Waals surface area contributed by atoms with Crippen LogP contribution in [0.2, 0.25) is 0 Å². The van der Waals surface area contributed by atoms with E-state index in [1.165, 1.54) is 22.3 Å². The Morgan fingerprint density at radius 1 is 1.05 bits per heavy atom. The minimum Gasteiger partial charge on any atom is -0.497 e. The smallest absolute Gasteiger partial charge is 0.119 e. The molecule has 0 amide bonds. The summed E-state index contributed by atoms with van der Waals surface area (Å²) in [6, 6.07) is 15.6. The summed E-state index contributed by atoms with van der Waals surface area (Å²) in [6.07, 6.45) is 1.11.